The van der Waals surface area contributed by atoms with Gasteiger partial charge in [-0.15, -0.1) is 0 Å². The van der Waals surface area contributed by atoms with Crippen LogP contribution in [0.5, 0.6) is 0 Å². The minimum Gasteiger partial charge on any atom is -0.472 e. The Bertz CT molecular complexity index is 1200. The molecule has 38 heavy (non-hydrogen) atoms. The molecule has 1 N–H and O–H groups in total. The van der Waals surface area contributed by atoms with Crippen LogP contribution in [0.3, 0.4) is 0 Å². The van der Waals surface area contributed by atoms with Crippen LogP contribution in [0.1, 0.15) is 65.5 Å². The molecule has 0 aromatic carbocycles. The molecule has 0 unspecified atom stereocenters. The summed E-state index contributed by atoms with van der Waals surface area (Å²) in [5, 5.41) is 11.3. The second kappa shape index (κ2) is 8.79. The maximum Gasteiger partial charge on any atom is 0.335 e. The Kier molecular flexibility index (Phi) is 6.17. The van der Waals surface area contributed by atoms with E-state index < -0.39 is 64.3 Å². The van der Waals surface area contributed by atoms with Crippen molar-refractivity contribution >= 4 is 23.7 Å². The number of furan rings is 1. The summed E-state index contributed by atoms with van der Waals surface area (Å²) in [5.74, 6) is -3.95. The van der Waals surface area contributed by atoms with Crippen molar-refractivity contribution in [2.45, 2.75) is 72.2 Å². The second-order valence-corrected chi connectivity index (χ2v) is 12.4. The van der Waals surface area contributed by atoms with Gasteiger partial charge in [0.2, 0.25) is 0 Å². The Balaban J connectivity index is 1.66. The quantitative estimate of drug-likeness (QED) is 0.461. The van der Waals surface area contributed by atoms with E-state index in [1.807, 2.05) is 20.8 Å². The van der Waals surface area contributed by atoms with Crippen LogP contribution < -0.4 is 0 Å². The van der Waals surface area contributed by atoms with E-state index in [4.69, 9.17) is 18.6 Å². The highest BCUT2D eigenvalue weighted by Crippen LogP contribution is 2.69. The Labute approximate surface area is 221 Å². The molecule has 1 aromatic rings. The van der Waals surface area contributed by atoms with Gasteiger partial charge in [-0.3, -0.25) is 9.59 Å². The number of cyclic esters (lactones) is 1. The molecule has 1 aromatic heterocycles. The number of hydrogen-bond acceptors (Lipinski definition) is 9. The van der Waals surface area contributed by atoms with Crippen molar-refractivity contribution in [1.82, 2.24) is 0 Å². The minimum atomic E-state index is -1.60. The molecule has 2 bridgehead atoms. The fourth-order valence-corrected chi connectivity index (χ4v) is 8.75. The summed E-state index contributed by atoms with van der Waals surface area (Å²) in [6.07, 6.45) is 3.33. The molecule has 0 amide bonds. The fraction of sp³-hybridized carbons (Fsp3) is 0.655. The molecule has 3 aliphatic carbocycles. The van der Waals surface area contributed by atoms with Crippen molar-refractivity contribution in [1.29, 1.82) is 0 Å². The van der Waals surface area contributed by atoms with Crippen LogP contribution in [-0.2, 0) is 33.4 Å². The smallest absolute Gasteiger partial charge is 0.335 e. The highest BCUT2D eigenvalue weighted by molar-refractivity contribution is 5.92. The van der Waals surface area contributed by atoms with Gasteiger partial charge in [0, 0.05) is 40.7 Å². The molecule has 9 atom stereocenters. The van der Waals surface area contributed by atoms with E-state index in [1.54, 1.807) is 24.7 Å². The molecule has 3 fully saturated rings. The Morgan fingerprint density at radius 2 is 1.87 bits per heavy atom. The largest absolute Gasteiger partial charge is 0.472 e. The van der Waals surface area contributed by atoms with E-state index in [2.05, 4.69) is 6.92 Å². The fourth-order valence-electron chi connectivity index (χ4n) is 8.75. The normalized spacial score (nSPS) is 40.1. The van der Waals surface area contributed by atoms with Gasteiger partial charge in [-0.2, -0.15) is 0 Å². The van der Waals surface area contributed by atoms with Gasteiger partial charge >= 0.3 is 17.9 Å². The van der Waals surface area contributed by atoms with E-state index in [1.165, 1.54) is 14.0 Å². The van der Waals surface area contributed by atoms with Crippen LogP contribution in [-0.4, -0.2) is 48.1 Å². The van der Waals surface area contributed by atoms with Crippen molar-refractivity contribution in [3.8, 4) is 0 Å². The summed E-state index contributed by atoms with van der Waals surface area (Å²) in [6.45, 7) is 8.88. The Morgan fingerprint density at radius 3 is 2.47 bits per heavy atom. The first-order valence-electron chi connectivity index (χ1n) is 13.2. The maximum atomic E-state index is 14.3. The first-order chi connectivity index (χ1) is 17.8. The zero-order valence-corrected chi connectivity index (χ0v) is 22.7. The van der Waals surface area contributed by atoms with Crippen LogP contribution in [0.4, 0.5) is 0 Å². The lowest BCUT2D eigenvalue weighted by Gasteiger charge is -2.65. The number of Topliss-reactive ketones (excluding diaryl/α,β-unsaturated/α-hetero) is 1. The lowest BCUT2D eigenvalue weighted by molar-refractivity contribution is -0.223. The zero-order chi connectivity index (χ0) is 27.8. The molecule has 2 heterocycles. The van der Waals surface area contributed by atoms with Gasteiger partial charge in [0.15, 0.2) is 6.10 Å². The summed E-state index contributed by atoms with van der Waals surface area (Å²) < 4.78 is 21.8. The van der Waals surface area contributed by atoms with Crippen molar-refractivity contribution in [3.05, 3.63) is 35.8 Å². The van der Waals surface area contributed by atoms with E-state index in [9.17, 15) is 24.3 Å². The molecular weight excluding hydrogens is 492 g/mol. The van der Waals surface area contributed by atoms with Crippen LogP contribution >= 0.6 is 0 Å². The molecule has 0 saturated heterocycles. The van der Waals surface area contributed by atoms with Crippen molar-refractivity contribution in [2.24, 2.45) is 39.9 Å². The molecule has 3 saturated carbocycles. The summed E-state index contributed by atoms with van der Waals surface area (Å²) in [6, 6.07) is 1.79. The van der Waals surface area contributed by atoms with Crippen molar-refractivity contribution in [3.63, 3.8) is 0 Å². The zero-order valence-electron chi connectivity index (χ0n) is 22.7. The first kappa shape index (κ1) is 26.7. The number of carbonyl (C=O) groups is 4. The van der Waals surface area contributed by atoms with Gasteiger partial charge in [0.25, 0.3) is 0 Å². The molecule has 1 aliphatic heterocycles. The molecule has 9 heteroatoms. The lowest BCUT2D eigenvalue weighted by atomic mass is 9.38. The number of carbonyl (C=O) groups excluding carboxylic acids is 4. The molecule has 206 valence electrons. The number of aliphatic hydroxyl groups excluding tert-OH is 1. The average Bonchev–Trinajstić information content (AvgIpc) is 3.38. The van der Waals surface area contributed by atoms with Gasteiger partial charge in [-0.1, -0.05) is 27.7 Å². The topological polar surface area (TPSA) is 129 Å². The number of methoxy groups -OCH3 is 1. The number of hydrogen-bond donors (Lipinski definition) is 1. The summed E-state index contributed by atoms with van der Waals surface area (Å²) in [7, 11) is 1.20. The van der Waals surface area contributed by atoms with Gasteiger partial charge in [-0.05, 0) is 42.7 Å². The number of rotatable bonds is 4. The van der Waals surface area contributed by atoms with E-state index in [0.29, 0.717) is 19.3 Å². The van der Waals surface area contributed by atoms with Crippen molar-refractivity contribution < 1.29 is 42.9 Å². The number of esters is 3. The lowest BCUT2D eigenvalue weighted by Crippen LogP contribution is -2.70. The number of aliphatic hydroxyl groups is 1. The first-order valence-corrected chi connectivity index (χ1v) is 13.2. The second-order valence-electron chi connectivity index (χ2n) is 12.4. The molecule has 4 aliphatic rings. The van der Waals surface area contributed by atoms with Crippen LogP contribution in [0.25, 0.3) is 0 Å². The van der Waals surface area contributed by atoms with Gasteiger partial charge in [-0.25, -0.2) is 9.59 Å². The number of ether oxygens (including phenoxy) is 3. The summed E-state index contributed by atoms with van der Waals surface area (Å²) >= 11 is 0. The number of fused-ring (bicyclic) bond motifs is 6. The molecule has 9 nitrogen and oxygen atoms in total. The predicted octanol–water partition coefficient (Wildman–Crippen LogP) is 3.55. The maximum absolute atomic E-state index is 14.3. The van der Waals surface area contributed by atoms with E-state index in [-0.39, 0.29) is 17.6 Å². The minimum absolute atomic E-state index is 0.119. The molecule has 0 spiro atoms. The number of ketones is 1. The van der Waals surface area contributed by atoms with E-state index >= 15 is 0 Å². The SMILES string of the molecule is COC(=O)[C@H](O)[C@H]1C(C)(C)[C@H](OC(C)=O)[C@@H]2C[C@H]3C4=CC(=O)O[C@@H](c5ccoc5)[C@]4(C)CC[C@@H]3[C@@]1(C)C2=O. The van der Waals surface area contributed by atoms with Crippen LogP contribution in [0.2, 0.25) is 0 Å². The summed E-state index contributed by atoms with van der Waals surface area (Å²) in [5.41, 5.74) is -0.922. The predicted molar refractivity (Wildman–Crippen MR) is 132 cm³/mol. The van der Waals surface area contributed by atoms with Crippen LogP contribution in [0.15, 0.2) is 34.7 Å². The monoisotopic (exact) mass is 528 g/mol. The third-order valence-electron chi connectivity index (χ3n) is 10.2. The molecule has 5 rings (SSSR count). The van der Waals surface area contributed by atoms with E-state index in [0.717, 1.165) is 11.1 Å². The van der Waals surface area contributed by atoms with Gasteiger partial charge in [0.1, 0.15) is 18.0 Å². The molecule has 0 radical (unpaired) electrons. The van der Waals surface area contributed by atoms with Gasteiger partial charge < -0.3 is 23.7 Å². The average molecular weight is 529 g/mol. The molecular formula is C29H36O9. The Hall–Kier alpha value is -2.94. The Morgan fingerprint density at radius 1 is 1.16 bits per heavy atom. The standard InChI is InChI=1S/C29H36O9/c1-14(30)37-25-17-11-16-18(29(5,23(17)33)22(27(25,2)3)21(32)26(34)35-6)7-9-28(4)19(16)12-20(31)38-24(28)15-8-10-36-13-15/h8,10,12-13,16-18,21-22,24-25,32H,7,9,11H2,1-6H3/t16-,17-,18+,21-,22+,24+,25-,28-,29-/m1/s1. The third kappa shape index (κ3) is 3.53. The highest BCUT2D eigenvalue weighted by atomic mass is 16.6. The van der Waals surface area contributed by atoms with Crippen molar-refractivity contribution in [2.75, 3.05) is 7.11 Å². The third-order valence-corrected chi connectivity index (χ3v) is 10.2. The van der Waals surface area contributed by atoms with Crippen LogP contribution in [0, 0.1) is 39.9 Å². The summed E-state index contributed by atoms with van der Waals surface area (Å²) in [4.78, 5) is 52.1. The highest BCUT2D eigenvalue weighted by Gasteiger charge is 2.71. The van der Waals surface area contributed by atoms with Gasteiger partial charge in [0.05, 0.1) is 25.6 Å².